The molecule has 2 N–H and O–H groups in total. The van der Waals surface area contributed by atoms with E-state index in [2.05, 4.69) is 0 Å². The molecule has 94 valence electrons. The topological polar surface area (TPSA) is 61.5 Å². The highest BCUT2D eigenvalue weighted by molar-refractivity contribution is 5.90. The Bertz CT molecular complexity index is 393. The zero-order valence-corrected chi connectivity index (χ0v) is 9.90. The maximum Gasteiger partial charge on any atom is 0.338 e. The van der Waals surface area contributed by atoms with Gasteiger partial charge in [0.15, 0.2) is 0 Å². The van der Waals surface area contributed by atoms with E-state index < -0.39 is 11.8 Å². The van der Waals surface area contributed by atoms with Crippen LogP contribution >= 0.6 is 0 Å². The maximum atomic E-state index is 12.9. The summed E-state index contributed by atoms with van der Waals surface area (Å²) in [6, 6.07) is 3.72. The number of nitrogen functional groups attached to an aromatic ring is 1. The molecule has 0 unspecified atom stereocenters. The van der Waals surface area contributed by atoms with Gasteiger partial charge in [0.25, 0.3) is 0 Å². The molecule has 1 rings (SSSR count). The third-order valence-electron chi connectivity index (χ3n) is 2.00. The van der Waals surface area contributed by atoms with Gasteiger partial charge >= 0.3 is 5.97 Å². The fraction of sp³-hybridized carbons (Fsp3) is 0.417. The predicted octanol–water partition coefficient (Wildman–Crippen LogP) is 1.99. The Balaban J connectivity index is 2.44. The maximum absolute atomic E-state index is 12.9. The first-order chi connectivity index (χ1) is 8.00. The molecule has 17 heavy (non-hydrogen) atoms. The van der Waals surface area contributed by atoms with Crippen molar-refractivity contribution in [3.63, 3.8) is 0 Å². The van der Waals surface area contributed by atoms with Gasteiger partial charge in [-0.2, -0.15) is 0 Å². The van der Waals surface area contributed by atoms with E-state index in [1.54, 1.807) is 0 Å². The average Bonchev–Trinajstić information content (AvgIpc) is 2.27. The number of hydrogen-bond acceptors (Lipinski definition) is 4. The second-order valence-corrected chi connectivity index (χ2v) is 3.79. The molecule has 0 spiro atoms. The second kappa shape index (κ2) is 6.20. The van der Waals surface area contributed by atoms with Crippen molar-refractivity contribution >= 4 is 11.7 Å². The van der Waals surface area contributed by atoms with Gasteiger partial charge in [0.1, 0.15) is 12.4 Å². The van der Waals surface area contributed by atoms with Crippen molar-refractivity contribution in [1.82, 2.24) is 0 Å². The van der Waals surface area contributed by atoms with Gasteiger partial charge in [-0.15, -0.1) is 0 Å². The Kier molecular flexibility index (Phi) is 4.90. The molecule has 0 saturated heterocycles. The zero-order chi connectivity index (χ0) is 12.8. The Morgan fingerprint density at radius 3 is 2.71 bits per heavy atom. The van der Waals surface area contributed by atoms with Crippen LogP contribution in [0.1, 0.15) is 24.2 Å². The van der Waals surface area contributed by atoms with Crippen molar-refractivity contribution in [3.05, 3.63) is 29.6 Å². The van der Waals surface area contributed by atoms with E-state index in [0.717, 1.165) is 6.07 Å². The average molecular weight is 241 g/mol. The zero-order valence-electron chi connectivity index (χ0n) is 9.90. The lowest BCUT2D eigenvalue weighted by Gasteiger charge is -2.08. The SMILES string of the molecule is CC(C)OCCOC(=O)c1ccc(F)c(N)c1. The first kappa shape index (κ1) is 13.4. The predicted molar refractivity (Wildman–Crippen MR) is 62.2 cm³/mol. The van der Waals surface area contributed by atoms with Crippen LogP contribution in [0.3, 0.4) is 0 Å². The Morgan fingerprint density at radius 1 is 1.41 bits per heavy atom. The molecule has 1 aromatic carbocycles. The molecule has 0 fully saturated rings. The molecular weight excluding hydrogens is 225 g/mol. The van der Waals surface area contributed by atoms with Crippen LogP contribution < -0.4 is 5.73 Å². The minimum atomic E-state index is -0.551. The summed E-state index contributed by atoms with van der Waals surface area (Å²) in [7, 11) is 0. The number of carbonyl (C=O) groups excluding carboxylic acids is 1. The van der Waals surface area contributed by atoms with Gasteiger partial charge in [-0.3, -0.25) is 0 Å². The largest absolute Gasteiger partial charge is 0.460 e. The van der Waals surface area contributed by atoms with E-state index in [1.807, 2.05) is 13.8 Å². The van der Waals surface area contributed by atoms with Gasteiger partial charge in [0.2, 0.25) is 0 Å². The van der Waals surface area contributed by atoms with Crippen molar-refractivity contribution < 1.29 is 18.7 Å². The smallest absolute Gasteiger partial charge is 0.338 e. The molecule has 0 amide bonds. The molecule has 0 atom stereocenters. The van der Waals surface area contributed by atoms with Crippen molar-refractivity contribution in [2.45, 2.75) is 20.0 Å². The Hall–Kier alpha value is -1.62. The summed E-state index contributed by atoms with van der Waals surface area (Å²) in [4.78, 5) is 11.5. The highest BCUT2D eigenvalue weighted by Crippen LogP contribution is 2.12. The normalized spacial score (nSPS) is 10.6. The summed E-state index contributed by atoms with van der Waals surface area (Å²) in [5.41, 5.74) is 5.50. The molecule has 0 heterocycles. The summed E-state index contributed by atoms with van der Waals surface area (Å²) in [5, 5.41) is 0. The van der Waals surface area contributed by atoms with Crippen LogP contribution in [0.15, 0.2) is 18.2 Å². The second-order valence-electron chi connectivity index (χ2n) is 3.79. The highest BCUT2D eigenvalue weighted by Gasteiger charge is 2.09. The van der Waals surface area contributed by atoms with Crippen molar-refractivity contribution in [2.75, 3.05) is 18.9 Å². The molecular formula is C12H16FNO3. The van der Waals surface area contributed by atoms with E-state index in [4.69, 9.17) is 15.2 Å². The molecule has 0 aliphatic rings. The monoisotopic (exact) mass is 241 g/mol. The number of rotatable bonds is 5. The van der Waals surface area contributed by atoms with Gasteiger partial charge in [-0.1, -0.05) is 0 Å². The first-order valence-electron chi connectivity index (χ1n) is 5.34. The fourth-order valence-electron chi connectivity index (χ4n) is 1.17. The van der Waals surface area contributed by atoms with Gasteiger partial charge in [-0.05, 0) is 32.0 Å². The molecule has 0 aliphatic heterocycles. The number of anilines is 1. The van der Waals surface area contributed by atoms with E-state index in [1.165, 1.54) is 12.1 Å². The third kappa shape index (κ3) is 4.40. The lowest BCUT2D eigenvalue weighted by molar-refractivity contribution is 0.0177. The quantitative estimate of drug-likeness (QED) is 0.486. The van der Waals surface area contributed by atoms with Crippen molar-refractivity contribution in [2.24, 2.45) is 0 Å². The molecule has 0 aromatic heterocycles. The highest BCUT2D eigenvalue weighted by atomic mass is 19.1. The lowest BCUT2D eigenvalue weighted by Crippen LogP contribution is -2.13. The van der Waals surface area contributed by atoms with E-state index in [-0.39, 0.29) is 24.0 Å². The summed E-state index contributed by atoms with van der Waals surface area (Å²) in [6.45, 7) is 4.28. The van der Waals surface area contributed by atoms with Crippen LogP contribution in [0.2, 0.25) is 0 Å². The number of hydrogen-bond donors (Lipinski definition) is 1. The number of benzene rings is 1. The van der Waals surface area contributed by atoms with Gasteiger partial charge < -0.3 is 15.2 Å². The van der Waals surface area contributed by atoms with Crippen molar-refractivity contribution in [3.8, 4) is 0 Å². The number of esters is 1. The first-order valence-corrected chi connectivity index (χ1v) is 5.34. The van der Waals surface area contributed by atoms with E-state index >= 15 is 0 Å². The minimum Gasteiger partial charge on any atom is -0.460 e. The number of ether oxygens (including phenoxy) is 2. The van der Waals surface area contributed by atoms with E-state index in [9.17, 15) is 9.18 Å². The standard InChI is InChI=1S/C12H16FNO3/c1-8(2)16-5-6-17-12(15)9-3-4-10(13)11(14)7-9/h3-4,7-8H,5-6,14H2,1-2H3. The lowest BCUT2D eigenvalue weighted by atomic mass is 10.2. The summed E-state index contributed by atoms with van der Waals surface area (Å²) < 4.78 is 23.0. The van der Waals surface area contributed by atoms with Gasteiger partial charge in [0.05, 0.1) is 24.0 Å². The summed E-state index contributed by atoms with van der Waals surface area (Å²) >= 11 is 0. The molecule has 0 radical (unpaired) electrons. The van der Waals surface area contributed by atoms with Crippen LogP contribution in [0.4, 0.5) is 10.1 Å². The molecule has 0 aliphatic carbocycles. The van der Waals surface area contributed by atoms with Crippen LogP contribution in [0.25, 0.3) is 0 Å². The fourth-order valence-corrected chi connectivity index (χ4v) is 1.17. The van der Waals surface area contributed by atoms with Crippen LogP contribution in [-0.4, -0.2) is 25.3 Å². The molecule has 4 nitrogen and oxygen atoms in total. The molecule has 5 heteroatoms. The van der Waals surface area contributed by atoms with Crippen molar-refractivity contribution in [1.29, 1.82) is 0 Å². The molecule has 0 saturated carbocycles. The Labute approximate surface area is 99.5 Å². The Morgan fingerprint density at radius 2 is 2.12 bits per heavy atom. The van der Waals surface area contributed by atoms with Crippen LogP contribution in [0.5, 0.6) is 0 Å². The third-order valence-corrected chi connectivity index (χ3v) is 2.00. The summed E-state index contributed by atoms with van der Waals surface area (Å²) in [6.07, 6.45) is 0.0927. The number of carbonyl (C=O) groups is 1. The number of nitrogens with two attached hydrogens (primary N) is 1. The summed E-state index contributed by atoms with van der Waals surface area (Å²) in [5.74, 6) is -1.09. The molecule has 1 aromatic rings. The van der Waals surface area contributed by atoms with Crippen LogP contribution in [0, 0.1) is 5.82 Å². The van der Waals surface area contributed by atoms with E-state index in [0.29, 0.717) is 6.61 Å². The molecule has 0 bridgehead atoms. The number of halogens is 1. The van der Waals surface area contributed by atoms with Gasteiger partial charge in [-0.25, -0.2) is 9.18 Å². The van der Waals surface area contributed by atoms with Gasteiger partial charge in [0, 0.05) is 0 Å². The van der Waals surface area contributed by atoms with Crippen LogP contribution in [-0.2, 0) is 9.47 Å². The minimum absolute atomic E-state index is 0.0714.